The molecule has 1 aromatic carbocycles. The summed E-state index contributed by atoms with van der Waals surface area (Å²) >= 11 is 0.961. The monoisotopic (exact) mass is 724 g/mol. The fourth-order valence-corrected chi connectivity index (χ4v) is 6.55. The van der Waals surface area contributed by atoms with Gasteiger partial charge in [-0.15, -0.1) is 15.6 Å². The average molecular weight is 725 g/mol. The van der Waals surface area contributed by atoms with Gasteiger partial charge in [0.05, 0.1) is 18.2 Å². The largest absolute Gasteiger partial charge is 0.485 e. The molecule has 5 rings (SSSR count). The molecule has 3 aliphatic heterocycles. The predicted octanol–water partition coefficient (Wildman–Crippen LogP) is -1.05. The molecule has 21 heteroatoms. The molecule has 1 aromatic heterocycles. The van der Waals surface area contributed by atoms with Crippen LogP contribution in [0.5, 0.6) is 5.75 Å². The highest BCUT2D eigenvalue weighted by Gasteiger charge is 2.58. The number of ether oxygens (including phenoxy) is 1. The molecule has 2 amide bonds. The SMILES string of the molecule is CC1(C)[C@H](NC(=O)/C(=N\O[C@](C)(C(=O)O)[C@H]2CCc3cc(C4=N[C@H](C[C@@H](N)CO)CN4)ccc3O2)c2csc(N)n2)C(=O)N1OS(=O)(=O)O. The topological polar surface area (TPSA) is 291 Å². The number of β-lactam (4-membered cyclic amide) rings is 1. The minimum atomic E-state index is -5.03. The number of fused-ring (bicyclic) bond motifs is 1. The van der Waals surface area contributed by atoms with Gasteiger partial charge in [-0.25, -0.2) is 9.78 Å². The molecule has 4 heterocycles. The number of aliphatic hydroxyl groups is 1. The van der Waals surface area contributed by atoms with Crippen LogP contribution in [0.2, 0.25) is 0 Å². The Hall–Kier alpha value is -4.41. The molecule has 266 valence electrons. The van der Waals surface area contributed by atoms with Crippen molar-refractivity contribution in [1.82, 2.24) is 20.7 Å². The first-order valence-corrected chi connectivity index (χ1v) is 17.2. The third-order valence-corrected chi connectivity index (χ3v) is 9.38. The average Bonchev–Trinajstić information content (AvgIpc) is 3.70. The Labute approximate surface area is 284 Å². The smallest absolute Gasteiger partial charge is 0.418 e. The van der Waals surface area contributed by atoms with Crippen LogP contribution in [0.15, 0.2) is 33.7 Å². The number of nitrogen functional groups attached to an aromatic ring is 1. The first-order valence-electron chi connectivity index (χ1n) is 14.9. The van der Waals surface area contributed by atoms with Gasteiger partial charge in [-0.1, -0.05) is 5.16 Å². The number of rotatable bonds is 13. The van der Waals surface area contributed by atoms with E-state index in [0.29, 0.717) is 36.0 Å². The number of hydroxylamine groups is 2. The lowest BCUT2D eigenvalue weighted by Gasteiger charge is -2.50. The maximum Gasteiger partial charge on any atom is 0.418 e. The molecular weight excluding hydrogens is 688 g/mol. The number of thiazole rings is 1. The molecule has 1 saturated heterocycles. The van der Waals surface area contributed by atoms with Crippen molar-refractivity contribution in [1.29, 1.82) is 0 Å². The summed E-state index contributed by atoms with van der Waals surface area (Å²) in [7, 11) is -5.03. The van der Waals surface area contributed by atoms with Crippen LogP contribution >= 0.6 is 11.3 Å². The number of anilines is 1. The Morgan fingerprint density at radius 3 is 2.71 bits per heavy atom. The van der Waals surface area contributed by atoms with Crippen LogP contribution in [0.3, 0.4) is 0 Å². The molecule has 0 unspecified atom stereocenters. The zero-order valence-electron chi connectivity index (χ0n) is 26.5. The molecule has 3 aliphatic rings. The molecule has 1 fully saturated rings. The van der Waals surface area contributed by atoms with E-state index in [4.69, 9.17) is 25.6 Å². The van der Waals surface area contributed by atoms with Gasteiger partial charge in [0.15, 0.2) is 16.9 Å². The molecule has 5 atom stereocenters. The maximum absolute atomic E-state index is 13.4. The standard InChI is InChI=1S/C28H36N8O11S2/c1-27(2)21(24(39)36(27)47-49(42,43)44)34-23(38)20(17-12-48-26(30)33-17)35-46-28(3,25(40)41)19-7-5-13-8-14(4-6-18(13)45-19)22-31-10-16(32-22)9-15(29)11-37/h4,6,8,12,15-16,19,21,37H,5,7,9-11,29H2,1-3H3,(H2,30,33)(H,31,32)(H,34,38)(H,40,41)(H,42,43,44)/b35-20-/t15-,16-,19-,21-,28+/m1/s1. The normalized spacial score (nSPS) is 23.6. The van der Waals surface area contributed by atoms with Crippen LogP contribution in [0, 0.1) is 0 Å². The molecular formula is C28H36N8O11S2. The summed E-state index contributed by atoms with van der Waals surface area (Å²) in [6.07, 6.45) is 0.0654. The number of nitrogens with two attached hydrogens (primary N) is 2. The van der Waals surface area contributed by atoms with Crippen molar-refractivity contribution in [2.24, 2.45) is 15.9 Å². The summed E-state index contributed by atoms with van der Waals surface area (Å²) in [5, 5.41) is 30.9. The number of carbonyl (C=O) groups is 3. The number of amidine groups is 1. The summed E-state index contributed by atoms with van der Waals surface area (Å²) in [6, 6.07) is 3.58. The highest BCUT2D eigenvalue weighted by Crippen LogP contribution is 2.35. The number of hydrogen-bond donors (Lipinski definition) is 7. The third-order valence-electron chi connectivity index (χ3n) is 8.37. The van der Waals surface area contributed by atoms with Gasteiger partial charge < -0.3 is 41.9 Å². The molecule has 49 heavy (non-hydrogen) atoms. The Balaban J connectivity index is 1.34. The zero-order chi connectivity index (χ0) is 35.9. The third kappa shape index (κ3) is 7.45. The van der Waals surface area contributed by atoms with E-state index in [1.165, 1.54) is 26.2 Å². The van der Waals surface area contributed by atoms with E-state index >= 15 is 0 Å². The van der Waals surface area contributed by atoms with Crippen LogP contribution in [-0.2, 0) is 40.3 Å². The van der Waals surface area contributed by atoms with E-state index in [9.17, 15) is 33.0 Å². The number of benzene rings is 1. The predicted molar refractivity (Wildman–Crippen MR) is 173 cm³/mol. The van der Waals surface area contributed by atoms with Gasteiger partial charge in [0.1, 0.15) is 23.3 Å². The van der Waals surface area contributed by atoms with Crippen molar-refractivity contribution in [3.8, 4) is 5.75 Å². The number of nitrogens with zero attached hydrogens (tertiary/aromatic N) is 4. The molecule has 9 N–H and O–H groups in total. The number of hydrogen-bond acceptors (Lipinski definition) is 16. The maximum atomic E-state index is 13.4. The second-order valence-corrected chi connectivity index (χ2v) is 14.3. The van der Waals surface area contributed by atoms with E-state index in [1.54, 1.807) is 12.1 Å². The van der Waals surface area contributed by atoms with Gasteiger partial charge in [-0.2, -0.15) is 13.5 Å². The van der Waals surface area contributed by atoms with Gasteiger partial charge in [0, 0.05) is 23.5 Å². The second-order valence-electron chi connectivity index (χ2n) is 12.4. The Morgan fingerprint density at radius 2 is 2.10 bits per heavy atom. The first-order chi connectivity index (χ1) is 22.9. The number of carboxylic acid groups (broad SMARTS) is 1. The zero-order valence-corrected chi connectivity index (χ0v) is 28.2. The number of oxime groups is 1. The van der Waals surface area contributed by atoms with Crippen LogP contribution < -0.4 is 26.8 Å². The van der Waals surface area contributed by atoms with Gasteiger partial charge >= 0.3 is 16.4 Å². The van der Waals surface area contributed by atoms with Gasteiger partial charge in [0.2, 0.25) is 0 Å². The number of aliphatic hydroxyl groups excluding tert-OH is 1. The summed E-state index contributed by atoms with van der Waals surface area (Å²) in [6.45, 7) is 4.42. The number of aliphatic imine (C=N–C) groups is 1. The molecule has 19 nitrogen and oxygen atoms in total. The lowest BCUT2D eigenvalue weighted by molar-refractivity contribution is -0.218. The van der Waals surface area contributed by atoms with E-state index in [2.05, 4.69) is 30.0 Å². The van der Waals surface area contributed by atoms with Crippen LogP contribution in [0.25, 0.3) is 0 Å². The number of aryl methyl sites for hydroxylation is 1. The fourth-order valence-electron chi connectivity index (χ4n) is 5.54. The fraction of sp³-hybridized carbons (Fsp3) is 0.500. The lowest BCUT2D eigenvalue weighted by Crippen LogP contribution is -2.76. The number of aliphatic carboxylic acids is 1. The minimum Gasteiger partial charge on any atom is -0.485 e. The molecule has 0 aliphatic carbocycles. The number of aromatic nitrogens is 1. The van der Waals surface area contributed by atoms with E-state index < -0.39 is 57.2 Å². The quantitative estimate of drug-likeness (QED) is 0.0561. The van der Waals surface area contributed by atoms with Gasteiger partial charge in [-0.05, 0) is 63.8 Å². The lowest BCUT2D eigenvalue weighted by atomic mass is 9.84. The van der Waals surface area contributed by atoms with Crippen LogP contribution in [0.4, 0.5) is 5.13 Å². The van der Waals surface area contributed by atoms with Crippen molar-refractivity contribution in [2.75, 3.05) is 18.9 Å². The molecule has 0 radical (unpaired) electrons. The van der Waals surface area contributed by atoms with Crippen molar-refractivity contribution in [3.05, 3.63) is 40.4 Å². The Morgan fingerprint density at radius 1 is 1.37 bits per heavy atom. The van der Waals surface area contributed by atoms with Crippen molar-refractivity contribution in [2.45, 2.75) is 75.4 Å². The first kappa shape index (κ1) is 35.9. The summed E-state index contributed by atoms with van der Waals surface area (Å²) in [4.78, 5) is 53.0. The summed E-state index contributed by atoms with van der Waals surface area (Å²) in [5.74, 6) is -2.37. The molecule has 0 bridgehead atoms. The van der Waals surface area contributed by atoms with Crippen molar-refractivity contribution in [3.63, 3.8) is 0 Å². The van der Waals surface area contributed by atoms with E-state index in [1.807, 2.05) is 6.07 Å². The van der Waals surface area contributed by atoms with Crippen LogP contribution in [0.1, 0.15) is 50.4 Å². The van der Waals surface area contributed by atoms with Crippen LogP contribution in [-0.4, -0.2) is 111 Å². The Kier molecular flexibility index (Phi) is 9.87. The van der Waals surface area contributed by atoms with E-state index in [0.717, 1.165) is 22.5 Å². The second kappa shape index (κ2) is 13.5. The van der Waals surface area contributed by atoms with Crippen molar-refractivity contribution < 1.29 is 51.4 Å². The summed E-state index contributed by atoms with van der Waals surface area (Å²) in [5.41, 5.74) is 9.05. The number of amides is 2. The molecule has 0 saturated carbocycles. The highest BCUT2D eigenvalue weighted by molar-refractivity contribution is 7.80. The Bertz CT molecular complexity index is 1810. The van der Waals surface area contributed by atoms with Gasteiger partial charge in [-0.3, -0.25) is 19.1 Å². The number of nitrogens with one attached hydrogen (secondary N) is 2. The number of carbonyl (C=O) groups excluding carboxylic acids is 2. The molecule has 0 spiro atoms. The summed E-state index contributed by atoms with van der Waals surface area (Å²) < 4.78 is 41.7. The highest BCUT2D eigenvalue weighted by atomic mass is 32.3. The van der Waals surface area contributed by atoms with Gasteiger partial charge in [0.25, 0.3) is 17.4 Å². The van der Waals surface area contributed by atoms with E-state index in [-0.39, 0.29) is 35.9 Å². The molecule has 2 aromatic rings. The number of carboxylic acids is 1. The minimum absolute atomic E-state index is 0.0545. The van der Waals surface area contributed by atoms with Crippen molar-refractivity contribution >= 4 is 56.2 Å².